The number of anilines is 2. The molecule has 2 N–H and O–H groups in total. The molecule has 0 unspecified atom stereocenters. The first-order chi connectivity index (χ1) is 14.6. The number of hydrogen-bond acceptors (Lipinski definition) is 4. The van der Waals surface area contributed by atoms with Crippen LogP contribution < -0.4 is 10.6 Å². The summed E-state index contributed by atoms with van der Waals surface area (Å²) in [4.78, 5) is 41.5. The van der Waals surface area contributed by atoms with Gasteiger partial charge >= 0.3 is 0 Å². The van der Waals surface area contributed by atoms with Crippen LogP contribution in [0.4, 0.5) is 24.7 Å². The van der Waals surface area contributed by atoms with Crippen LogP contribution >= 0.6 is 0 Å². The Labute approximate surface area is 174 Å². The van der Waals surface area contributed by atoms with Crippen molar-refractivity contribution in [2.24, 2.45) is 7.05 Å². The normalized spacial score (nSPS) is 10.6. The quantitative estimate of drug-likeness (QED) is 0.479. The van der Waals surface area contributed by atoms with Crippen LogP contribution in [0.5, 0.6) is 0 Å². The maximum atomic E-state index is 13.4. The summed E-state index contributed by atoms with van der Waals surface area (Å²) < 4.78 is 40.8. The third-order valence-corrected chi connectivity index (χ3v) is 4.73. The van der Waals surface area contributed by atoms with Gasteiger partial charge in [0.1, 0.15) is 11.6 Å². The van der Waals surface area contributed by atoms with Crippen LogP contribution in [0.1, 0.15) is 32.1 Å². The number of ketones is 1. The maximum absolute atomic E-state index is 13.4. The molecule has 2 heterocycles. The lowest BCUT2D eigenvalue weighted by Crippen LogP contribution is -2.26. The number of aromatic nitrogens is 2. The number of carbonyl (C=O) groups is 3. The fraction of sp³-hybridized carbons (Fsp3) is 0.143. The molecule has 0 aliphatic rings. The molecular formula is C21H17F3N4O3. The molecule has 0 saturated heterocycles. The third-order valence-electron chi connectivity index (χ3n) is 4.73. The molecule has 0 spiro atoms. The zero-order valence-electron chi connectivity index (χ0n) is 16.7. The van der Waals surface area contributed by atoms with Crippen molar-refractivity contribution in [2.75, 3.05) is 10.6 Å². The molecule has 2 amide bonds. The van der Waals surface area contributed by atoms with Gasteiger partial charge in [0.15, 0.2) is 11.6 Å². The monoisotopic (exact) mass is 430 g/mol. The summed E-state index contributed by atoms with van der Waals surface area (Å²) in [7, 11) is 1.51. The second kappa shape index (κ2) is 8.42. The van der Waals surface area contributed by atoms with E-state index in [1.807, 2.05) is 0 Å². The fourth-order valence-electron chi connectivity index (χ4n) is 3.13. The Bertz CT molecular complexity index is 1200. The van der Waals surface area contributed by atoms with Crippen LogP contribution in [0.3, 0.4) is 0 Å². The van der Waals surface area contributed by atoms with Gasteiger partial charge in [0.05, 0.1) is 17.5 Å². The molecule has 0 fully saturated rings. The lowest BCUT2D eigenvalue weighted by molar-refractivity contribution is -0.112. The highest BCUT2D eigenvalue weighted by molar-refractivity contribution is 6.46. The van der Waals surface area contributed by atoms with Gasteiger partial charge in [-0.05, 0) is 43.7 Å². The van der Waals surface area contributed by atoms with Gasteiger partial charge in [0.25, 0.3) is 17.6 Å². The van der Waals surface area contributed by atoms with E-state index in [-0.39, 0.29) is 28.3 Å². The molecule has 0 aliphatic carbocycles. The molecule has 3 rings (SSSR count). The van der Waals surface area contributed by atoms with Gasteiger partial charge in [-0.25, -0.2) is 18.2 Å². The van der Waals surface area contributed by atoms with Gasteiger partial charge in [0, 0.05) is 24.5 Å². The number of pyridine rings is 1. The Morgan fingerprint density at radius 2 is 1.68 bits per heavy atom. The maximum Gasteiger partial charge on any atom is 0.299 e. The van der Waals surface area contributed by atoms with Gasteiger partial charge in [-0.15, -0.1) is 0 Å². The zero-order chi connectivity index (χ0) is 22.9. The first-order valence-corrected chi connectivity index (χ1v) is 8.99. The average molecular weight is 430 g/mol. The van der Waals surface area contributed by atoms with Crippen molar-refractivity contribution in [3.8, 4) is 0 Å². The minimum atomic E-state index is -1.12. The number of hydrogen-bond donors (Lipinski definition) is 2. The molecule has 0 saturated carbocycles. The van der Waals surface area contributed by atoms with Gasteiger partial charge in [0.2, 0.25) is 0 Å². The number of benzene rings is 1. The highest BCUT2D eigenvalue weighted by atomic mass is 19.2. The third kappa shape index (κ3) is 4.32. The van der Waals surface area contributed by atoms with E-state index in [0.717, 1.165) is 24.4 Å². The van der Waals surface area contributed by atoms with E-state index < -0.39 is 35.0 Å². The van der Waals surface area contributed by atoms with Crippen LogP contribution in [0.25, 0.3) is 0 Å². The number of nitrogens with zero attached hydrogens (tertiary/aromatic N) is 2. The lowest BCUT2D eigenvalue weighted by Gasteiger charge is -2.07. The lowest BCUT2D eigenvalue weighted by atomic mass is 10.1. The Hall–Kier alpha value is -3.95. The summed E-state index contributed by atoms with van der Waals surface area (Å²) in [6, 6.07) is 5.17. The van der Waals surface area contributed by atoms with E-state index in [0.29, 0.717) is 5.69 Å². The summed E-state index contributed by atoms with van der Waals surface area (Å²) in [5.74, 6) is -5.40. The van der Waals surface area contributed by atoms with E-state index in [1.54, 1.807) is 6.92 Å². The molecule has 31 heavy (non-hydrogen) atoms. The van der Waals surface area contributed by atoms with Crippen LogP contribution in [0, 0.1) is 31.3 Å². The van der Waals surface area contributed by atoms with Crippen LogP contribution in [-0.2, 0) is 11.8 Å². The Balaban J connectivity index is 1.87. The number of Topliss-reactive ketones (excluding diaryl/α,β-unsaturated/α-hetero) is 1. The van der Waals surface area contributed by atoms with Crippen molar-refractivity contribution in [3.05, 3.63) is 76.5 Å². The molecular weight excluding hydrogens is 413 g/mol. The molecule has 0 aliphatic heterocycles. The summed E-state index contributed by atoms with van der Waals surface area (Å²) >= 11 is 0. The average Bonchev–Trinajstić information content (AvgIpc) is 2.94. The standard InChI is InChI=1S/C21H17F3N4O3/c1-10-17(20(30)26-13-5-6-14(23)15(24)8-13)11(2)28(3)18(10)19(29)21(31)27-16-7-4-12(22)9-25-16/h4-9H,1-3H3,(H,26,30)(H,25,27,31). The molecule has 7 nitrogen and oxygen atoms in total. The number of carbonyl (C=O) groups excluding carboxylic acids is 3. The molecule has 0 radical (unpaired) electrons. The molecule has 3 aromatic rings. The highest BCUT2D eigenvalue weighted by Gasteiger charge is 2.28. The molecule has 2 aromatic heterocycles. The molecule has 160 valence electrons. The fourth-order valence-corrected chi connectivity index (χ4v) is 3.13. The topological polar surface area (TPSA) is 93.1 Å². The highest BCUT2D eigenvalue weighted by Crippen LogP contribution is 2.24. The van der Waals surface area contributed by atoms with E-state index in [4.69, 9.17) is 0 Å². The summed E-state index contributed by atoms with van der Waals surface area (Å²) in [5, 5.41) is 4.72. The van der Waals surface area contributed by atoms with E-state index in [9.17, 15) is 27.6 Å². The van der Waals surface area contributed by atoms with Crippen LogP contribution in [0.2, 0.25) is 0 Å². The summed E-state index contributed by atoms with van der Waals surface area (Å²) in [6.07, 6.45) is 0.888. The second-order valence-corrected chi connectivity index (χ2v) is 6.72. The van der Waals surface area contributed by atoms with Crippen molar-refractivity contribution in [1.29, 1.82) is 0 Å². The van der Waals surface area contributed by atoms with Crippen molar-refractivity contribution < 1.29 is 27.6 Å². The minimum absolute atomic E-state index is 0.0142. The van der Waals surface area contributed by atoms with Gasteiger partial charge < -0.3 is 15.2 Å². The Morgan fingerprint density at radius 1 is 0.968 bits per heavy atom. The predicted octanol–water partition coefficient (Wildman–Crippen LogP) is 3.53. The first-order valence-electron chi connectivity index (χ1n) is 8.99. The molecule has 0 bridgehead atoms. The summed E-state index contributed by atoms with van der Waals surface area (Å²) in [5.41, 5.74) is 0.719. The van der Waals surface area contributed by atoms with Crippen LogP contribution in [0.15, 0.2) is 36.5 Å². The Morgan fingerprint density at radius 3 is 2.29 bits per heavy atom. The second-order valence-electron chi connectivity index (χ2n) is 6.72. The SMILES string of the molecule is Cc1c(C(=O)Nc2ccc(F)c(F)c2)c(C)n(C)c1C(=O)C(=O)Nc1ccc(F)cn1. The molecule has 10 heteroatoms. The zero-order valence-corrected chi connectivity index (χ0v) is 16.7. The molecule has 1 aromatic carbocycles. The summed E-state index contributed by atoms with van der Waals surface area (Å²) in [6.45, 7) is 3.06. The minimum Gasteiger partial charge on any atom is -0.344 e. The van der Waals surface area contributed by atoms with Crippen molar-refractivity contribution in [1.82, 2.24) is 9.55 Å². The number of nitrogens with one attached hydrogen (secondary N) is 2. The number of amides is 2. The van der Waals surface area contributed by atoms with Crippen molar-refractivity contribution >= 4 is 29.1 Å². The van der Waals surface area contributed by atoms with Gasteiger partial charge in [-0.1, -0.05) is 0 Å². The predicted molar refractivity (Wildman–Crippen MR) is 106 cm³/mol. The smallest absolute Gasteiger partial charge is 0.299 e. The van der Waals surface area contributed by atoms with E-state index in [1.165, 1.54) is 30.7 Å². The number of rotatable bonds is 5. The molecule has 0 atom stereocenters. The van der Waals surface area contributed by atoms with E-state index >= 15 is 0 Å². The van der Waals surface area contributed by atoms with Crippen LogP contribution in [-0.4, -0.2) is 27.1 Å². The van der Waals surface area contributed by atoms with Crippen molar-refractivity contribution in [2.45, 2.75) is 13.8 Å². The van der Waals surface area contributed by atoms with E-state index in [2.05, 4.69) is 15.6 Å². The Kier molecular flexibility index (Phi) is 5.91. The largest absolute Gasteiger partial charge is 0.344 e. The van der Waals surface area contributed by atoms with Gasteiger partial charge in [-0.3, -0.25) is 14.4 Å². The first kappa shape index (κ1) is 21.8. The number of halogens is 3. The van der Waals surface area contributed by atoms with Gasteiger partial charge in [-0.2, -0.15) is 0 Å². The van der Waals surface area contributed by atoms with Crippen molar-refractivity contribution in [3.63, 3.8) is 0 Å².